The van der Waals surface area contributed by atoms with Gasteiger partial charge in [0.15, 0.2) is 0 Å². The van der Waals surface area contributed by atoms with Crippen molar-refractivity contribution in [3.05, 3.63) is 52.7 Å². The summed E-state index contributed by atoms with van der Waals surface area (Å²) >= 11 is 0. The fraction of sp³-hybridized carbons (Fsp3) is 0.409. The molecule has 1 aliphatic heterocycles. The number of nitrogens with zero attached hydrogens (tertiary/aromatic N) is 1. The number of halogens is 2. The Morgan fingerprint density at radius 3 is 2.53 bits per heavy atom. The van der Waals surface area contributed by atoms with Crippen molar-refractivity contribution in [1.82, 2.24) is 10.2 Å². The van der Waals surface area contributed by atoms with Crippen LogP contribution in [0, 0.1) is 11.6 Å². The summed E-state index contributed by atoms with van der Waals surface area (Å²) in [6.45, 7) is 3.81. The lowest BCUT2D eigenvalue weighted by atomic mass is 9.95. The smallest absolute Gasteiger partial charge is 0.343 e. The Hall–Kier alpha value is -3.03. The van der Waals surface area contributed by atoms with Gasteiger partial charge in [-0.15, -0.1) is 0 Å². The van der Waals surface area contributed by atoms with Crippen LogP contribution in [0.1, 0.15) is 49.0 Å². The van der Waals surface area contributed by atoms with E-state index in [1.54, 1.807) is 17.9 Å². The average molecular weight is 418 g/mol. The zero-order valence-corrected chi connectivity index (χ0v) is 17.0. The Morgan fingerprint density at radius 1 is 1.23 bits per heavy atom. The van der Waals surface area contributed by atoms with Gasteiger partial charge in [-0.05, 0) is 43.9 Å². The van der Waals surface area contributed by atoms with Gasteiger partial charge in [-0.2, -0.15) is 0 Å². The van der Waals surface area contributed by atoms with Crippen molar-refractivity contribution < 1.29 is 27.9 Å². The molecule has 0 saturated heterocycles. The third kappa shape index (κ3) is 4.93. The summed E-state index contributed by atoms with van der Waals surface area (Å²) in [6.07, 6.45) is 5.10. The van der Waals surface area contributed by atoms with Gasteiger partial charge in [0.2, 0.25) is 11.7 Å². The van der Waals surface area contributed by atoms with Crippen LogP contribution in [-0.4, -0.2) is 48.3 Å². The van der Waals surface area contributed by atoms with Crippen molar-refractivity contribution in [2.24, 2.45) is 0 Å². The number of ether oxygens (including phenoxy) is 1. The Bertz CT molecular complexity index is 935. The molecule has 1 aliphatic carbocycles. The number of ketones is 1. The summed E-state index contributed by atoms with van der Waals surface area (Å²) in [7, 11) is 0. The molecule has 1 saturated carbocycles. The maximum atomic E-state index is 14.8. The summed E-state index contributed by atoms with van der Waals surface area (Å²) in [5.74, 6) is -3.60. The van der Waals surface area contributed by atoms with Crippen molar-refractivity contribution >= 4 is 23.2 Å². The lowest BCUT2D eigenvalue weighted by molar-refractivity contribution is -0.138. The fourth-order valence-electron chi connectivity index (χ4n) is 3.19. The molecule has 6 nitrogen and oxygen atoms in total. The van der Waals surface area contributed by atoms with Crippen molar-refractivity contribution in [3.8, 4) is 0 Å². The molecule has 1 fully saturated rings. The molecule has 3 rings (SSSR count). The minimum atomic E-state index is -0.940. The van der Waals surface area contributed by atoms with E-state index in [0.717, 1.165) is 25.0 Å². The van der Waals surface area contributed by atoms with Crippen LogP contribution in [0.4, 0.5) is 8.78 Å². The number of carbonyl (C=O) groups is 3. The molecule has 1 aromatic carbocycles. The van der Waals surface area contributed by atoms with Gasteiger partial charge in [0.1, 0.15) is 17.2 Å². The molecule has 1 N–H and O–H groups in total. The number of benzene rings is 1. The Kier molecular flexibility index (Phi) is 6.64. The Morgan fingerprint density at radius 2 is 1.97 bits per heavy atom. The summed E-state index contributed by atoms with van der Waals surface area (Å²) in [5.41, 5.74) is -0.289. The molecular formula is C22H24F2N2O4. The van der Waals surface area contributed by atoms with Gasteiger partial charge in [0.25, 0.3) is 0 Å². The highest BCUT2D eigenvalue weighted by Crippen LogP contribution is 2.28. The number of rotatable bonds is 7. The minimum Gasteiger partial charge on any atom is -0.462 e. The fourth-order valence-corrected chi connectivity index (χ4v) is 3.19. The number of Topliss-reactive ketones (excluding diaryl/α,β-unsaturated/α-hetero) is 1. The third-order valence-electron chi connectivity index (χ3n) is 5.08. The molecule has 0 radical (unpaired) electrons. The van der Waals surface area contributed by atoms with Crippen LogP contribution in [0.25, 0.3) is 5.57 Å². The number of hydrogen-bond acceptors (Lipinski definition) is 5. The Labute approximate surface area is 173 Å². The first-order valence-electron chi connectivity index (χ1n) is 9.93. The van der Waals surface area contributed by atoms with E-state index in [4.69, 9.17) is 4.74 Å². The predicted molar refractivity (Wildman–Crippen MR) is 106 cm³/mol. The van der Waals surface area contributed by atoms with Crippen LogP contribution in [0.2, 0.25) is 0 Å². The number of amides is 1. The van der Waals surface area contributed by atoms with Gasteiger partial charge >= 0.3 is 5.97 Å². The number of carbonyl (C=O) groups excluding carboxylic acids is 3. The molecule has 1 heterocycles. The van der Waals surface area contributed by atoms with Gasteiger partial charge in [0, 0.05) is 37.8 Å². The third-order valence-corrected chi connectivity index (χ3v) is 5.08. The second kappa shape index (κ2) is 9.19. The topological polar surface area (TPSA) is 75.7 Å². The normalized spacial score (nSPS) is 16.7. The molecule has 0 atom stereocenters. The van der Waals surface area contributed by atoms with Crippen molar-refractivity contribution in [2.45, 2.75) is 39.2 Å². The average Bonchev–Trinajstić information content (AvgIpc) is 3.54. The second-order valence-electron chi connectivity index (χ2n) is 7.30. The van der Waals surface area contributed by atoms with E-state index in [1.165, 1.54) is 13.1 Å². The van der Waals surface area contributed by atoms with Crippen LogP contribution in [0.15, 0.2) is 30.0 Å². The molecular weight excluding hydrogens is 394 g/mol. The molecule has 0 bridgehead atoms. The van der Waals surface area contributed by atoms with Crippen LogP contribution >= 0.6 is 0 Å². The largest absolute Gasteiger partial charge is 0.462 e. The van der Waals surface area contributed by atoms with E-state index >= 15 is 0 Å². The van der Waals surface area contributed by atoms with Crippen molar-refractivity contribution in [2.75, 3.05) is 19.7 Å². The van der Waals surface area contributed by atoms with E-state index in [0.29, 0.717) is 25.1 Å². The molecule has 2 aliphatic rings. The van der Waals surface area contributed by atoms with Crippen LogP contribution in [0.3, 0.4) is 0 Å². The standard InChI is InChI=1S/C22H24F2N2O4/c1-3-30-22(29)18(12-25-15-4-5-15)21(28)17-11-19(23)16(10-20(17)24)14-6-8-26(9-7-14)13(2)27/h6,10-12,15,25H,3-5,7-9H2,1-2H3. The van der Waals surface area contributed by atoms with Gasteiger partial charge in [0.05, 0.1) is 12.2 Å². The summed E-state index contributed by atoms with van der Waals surface area (Å²) in [6, 6.07) is 1.95. The number of esters is 1. The SMILES string of the molecule is CCOC(=O)C(=CNC1CC1)C(=O)c1cc(F)c(C2=CCN(C(C)=O)CC2)cc1F. The highest BCUT2D eigenvalue weighted by atomic mass is 19.1. The van der Waals surface area contributed by atoms with Gasteiger partial charge in [-0.1, -0.05) is 6.08 Å². The quantitative estimate of drug-likeness (QED) is 0.242. The molecule has 8 heteroatoms. The molecule has 1 aromatic rings. The second-order valence-corrected chi connectivity index (χ2v) is 7.30. The van der Waals surface area contributed by atoms with Crippen molar-refractivity contribution in [1.29, 1.82) is 0 Å². The molecule has 0 unspecified atom stereocenters. The van der Waals surface area contributed by atoms with Gasteiger partial charge in [-0.3, -0.25) is 9.59 Å². The minimum absolute atomic E-state index is 0.0463. The van der Waals surface area contributed by atoms with Crippen molar-refractivity contribution in [3.63, 3.8) is 0 Å². The molecule has 0 spiro atoms. The number of hydrogen-bond donors (Lipinski definition) is 1. The van der Waals surface area contributed by atoms with Crippen LogP contribution < -0.4 is 5.32 Å². The predicted octanol–water partition coefficient (Wildman–Crippen LogP) is 2.98. The highest BCUT2D eigenvalue weighted by molar-refractivity contribution is 6.24. The summed E-state index contributed by atoms with van der Waals surface area (Å²) in [5, 5.41) is 2.92. The highest BCUT2D eigenvalue weighted by Gasteiger charge is 2.28. The van der Waals surface area contributed by atoms with E-state index in [-0.39, 0.29) is 29.7 Å². The van der Waals surface area contributed by atoms with E-state index in [2.05, 4.69) is 5.32 Å². The zero-order chi connectivity index (χ0) is 21.8. The zero-order valence-electron chi connectivity index (χ0n) is 17.0. The van der Waals surface area contributed by atoms with Crippen LogP contribution in [0.5, 0.6) is 0 Å². The van der Waals surface area contributed by atoms with E-state index < -0.39 is 29.0 Å². The van der Waals surface area contributed by atoms with E-state index in [1.807, 2.05) is 0 Å². The summed E-state index contributed by atoms with van der Waals surface area (Å²) < 4.78 is 34.5. The molecule has 0 aromatic heterocycles. The Balaban J connectivity index is 1.87. The monoisotopic (exact) mass is 418 g/mol. The maximum Gasteiger partial charge on any atom is 0.343 e. The molecule has 160 valence electrons. The molecule has 30 heavy (non-hydrogen) atoms. The first-order valence-corrected chi connectivity index (χ1v) is 9.93. The molecule has 1 amide bonds. The lowest BCUT2D eigenvalue weighted by Crippen LogP contribution is -2.32. The number of nitrogens with one attached hydrogen (secondary N) is 1. The van der Waals surface area contributed by atoms with E-state index in [9.17, 15) is 23.2 Å². The maximum absolute atomic E-state index is 14.8. The lowest BCUT2D eigenvalue weighted by Gasteiger charge is -2.25. The first-order chi connectivity index (χ1) is 14.3. The summed E-state index contributed by atoms with van der Waals surface area (Å²) in [4.78, 5) is 38.0. The van der Waals surface area contributed by atoms with Gasteiger partial charge < -0.3 is 15.0 Å². The van der Waals surface area contributed by atoms with Crippen LogP contribution in [-0.2, 0) is 14.3 Å². The van der Waals surface area contributed by atoms with Gasteiger partial charge in [-0.25, -0.2) is 13.6 Å². The first kappa shape index (κ1) is 21.7.